The van der Waals surface area contributed by atoms with Crippen molar-refractivity contribution in [2.24, 2.45) is 0 Å². The molecule has 0 saturated carbocycles. The number of hydrogen-bond acceptors (Lipinski definition) is 6. The van der Waals surface area contributed by atoms with E-state index in [9.17, 15) is 23.3 Å². The fourth-order valence-corrected chi connectivity index (χ4v) is 3.69. The predicted molar refractivity (Wildman–Crippen MR) is 101 cm³/mol. The van der Waals surface area contributed by atoms with Gasteiger partial charge in [-0.2, -0.15) is 0 Å². The lowest BCUT2D eigenvalue weighted by atomic mass is 10.2. The van der Waals surface area contributed by atoms with E-state index < -0.39 is 25.8 Å². The van der Waals surface area contributed by atoms with Crippen molar-refractivity contribution in [3.05, 3.63) is 81.1 Å². The van der Waals surface area contributed by atoms with Crippen molar-refractivity contribution < 1.29 is 22.6 Å². The first kappa shape index (κ1) is 19.6. The summed E-state index contributed by atoms with van der Waals surface area (Å²) in [6, 6.07) is 12.1. The van der Waals surface area contributed by atoms with E-state index in [1.807, 2.05) is 0 Å². The van der Waals surface area contributed by atoms with Crippen LogP contribution in [-0.4, -0.2) is 19.2 Å². The normalized spacial score (nSPS) is 11.2. The van der Waals surface area contributed by atoms with Crippen LogP contribution in [0.2, 0.25) is 5.02 Å². The number of sulfone groups is 1. The summed E-state index contributed by atoms with van der Waals surface area (Å²) < 4.78 is 30.3. The third-order valence-corrected chi connectivity index (χ3v) is 5.75. The van der Waals surface area contributed by atoms with Crippen LogP contribution in [-0.2, 0) is 9.84 Å². The minimum absolute atomic E-state index is 0.0348. The predicted octanol–water partition coefficient (Wildman–Crippen LogP) is 4.23. The zero-order chi connectivity index (χ0) is 20.5. The summed E-state index contributed by atoms with van der Waals surface area (Å²) in [7, 11) is -3.96. The number of furan rings is 1. The van der Waals surface area contributed by atoms with Crippen LogP contribution in [0.1, 0.15) is 16.1 Å². The molecule has 0 unspecified atom stereocenters. The molecule has 3 rings (SSSR count). The second-order valence-electron chi connectivity index (χ2n) is 5.79. The van der Waals surface area contributed by atoms with Crippen molar-refractivity contribution in [1.29, 1.82) is 0 Å². The minimum Gasteiger partial charge on any atom is -0.439 e. The molecule has 2 aromatic carbocycles. The summed E-state index contributed by atoms with van der Waals surface area (Å²) >= 11 is 5.76. The van der Waals surface area contributed by atoms with Gasteiger partial charge in [0, 0.05) is 22.3 Å². The third kappa shape index (κ3) is 3.90. The molecule has 1 amide bonds. The Labute approximate surface area is 164 Å². The summed E-state index contributed by atoms with van der Waals surface area (Å²) in [5, 5.41) is 13.4. The van der Waals surface area contributed by atoms with Gasteiger partial charge in [0.1, 0.15) is 0 Å². The molecule has 1 N–H and O–H groups in total. The van der Waals surface area contributed by atoms with E-state index in [-0.39, 0.29) is 22.0 Å². The molecule has 1 heterocycles. The zero-order valence-electron chi connectivity index (χ0n) is 14.4. The highest BCUT2D eigenvalue weighted by atomic mass is 35.5. The molecule has 0 spiro atoms. The van der Waals surface area contributed by atoms with E-state index in [1.54, 1.807) is 6.92 Å². The van der Waals surface area contributed by atoms with Gasteiger partial charge in [-0.3, -0.25) is 14.9 Å². The quantitative estimate of drug-likeness (QED) is 0.487. The highest BCUT2D eigenvalue weighted by molar-refractivity contribution is 7.91. The standard InChI is InChI=1S/C18H13ClN2O6S/c1-11-2-5-13(10-15(11)21(23)24)20-18(22)16-8-9-17(27-16)28(25,26)14-6-3-12(19)4-7-14/h2-10H,1H3,(H,20,22). The van der Waals surface area contributed by atoms with Gasteiger partial charge in [-0.25, -0.2) is 8.42 Å². The lowest BCUT2D eigenvalue weighted by Gasteiger charge is -2.05. The number of hydrogen-bond donors (Lipinski definition) is 1. The number of nitrogens with zero attached hydrogens (tertiary/aromatic N) is 1. The van der Waals surface area contributed by atoms with E-state index in [4.69, 9.17) is 16.0 Å². The average molecular weight is 421 g/mol. The number of carbonyl (C=O) groups excluding carboxylic acids is 1. The van der Waals surface area contributed by atoms with Gasteiger partial charge in [0.05, 0.1) is 9.82 Å². The Morgan fingerprint density at radius 1 is 1.11 bits per heavy atom. The van der Waals surface area contributed by atoms with Gasteiger partial charge in [0.15, 0.2) is 5.76 Å². The number of nitro groups is 1. The van der Waals surface area contributed by atoms with E-state index in [0.717, 1.165) is 6.07 Å². The van der Waals surface area contributed by atoms with Gasteiger partial charge >= 0.3 is 0 Å². The molecule has 0 aliphatic carbocycles. The number of benzene rings is 2. The molecule has 0 radical (unpaired) electrons. The van der Waals surface area contributed by atoms with Gasteiger partial charge in [0.25, 0.3) is 11.6 Å². The molecule has 8 nitrogen and oxygen atoms in total. The first-order valence-corrected chi connectivity index (χ1v) is 9.71. The maximum absolute atomic E-state index is 12.6. The summed E-state index contributed by atoms with van der Waals surface area (Å²) in [4.78, 5) is 22.7. The highest BCUT2D eigenvalue weighted by Crippen LogP contribution is 2.26. The fourth-order valence-electron chi connectivity index (χ4n) is 2.39. The van der Waals surface area contributed by atoms with E-state index >= 15 is 0 Å². The van der Waals surface area contributed by atoms with Crippen molar-refractivity contribution in [3.8, 4) is 0 Å². The van der Waals surface area contributed by atoms with E-state index in [2.05, 4.69) is 5.32 Å². The number of carbonyl (C=O) groups is 1. The van der Waals surface area contributed by atoms with Gasteiger partial charge in [-0.15, -0.1) is 0 Å². The topological polar surface area (TPSA) is 120 Å². The Morgan fingerprint density at radius 3 is 2.43 bits per heavy atom. The SMILES string of the molecule is Cc1ccc(NC(=O)c2ccc(S(=O)(=O)c3ccc(Cl)cc3)o2)cc1[N+](=O)[O-]. The third-order valence-electron chi connectivity index (χ3n) is 3.86. The first-order chi connectivity index (χ1) is 13.2. The van der Waals surface area contributed by atoms with Crippen LogP contribution in [0.25, 0.3) is 0 Å². The van der Waals surface area contributed by atoms with Gasteiger partial charge in [-0.1, -0.05) is 17.7 Å². The maximum Gasteiger partial charge on any atom is 0.291 e. The average Bonchev–Trinajstić information content (AvgIpc) is 3.14. The summed E-state index contributed by atoms with van der Waals surface area (Å²) in [6.07, 6.45) is 0. The lowest BCUT2D eigenvalue weighted by molar-refractivity contribution is -0.385. The number of rotatable bonds is 5. The van der Waals surface area contributed by atoms with Crippen LogP contribution in [0, 0.1) is 17.0 Å². The molecule has 10 heteroatoms. The van der Waals surface area contributed by atoms with Crippen LogP contribution in [0.5, 0.6) is 0 Å². The minimum atomic E-state index is -3.96. The molecule has 0 atom stereocenters. The Balaban J connectivity index is 1.84. The molecule has 0 fully saturated rings. The molecule has 1 aromatic heterocycles. The molecule has 0 aliphatic heterocycles. The molecule has 0 bridgehead atoms. The number of halogens is 1. The van der Waals surface area contributed by atoms with Crippen LogP contribution in [0.3, 0.4) is 0 Å². The summed E-state index contributed by atoms with van der Waals surface area (Å²) in [5.74, 6) is -0.994. The van der Waals surface area contributed by atoms with Gasteiger partial charge in [0.2, 0.25) is 14.9 Å². The number of anilines is 1. The molecular formula is C18H13ClN2O6S. The fraction of sp³-hybridized carbons (Fsp3) is 0.0556. The van der Waals surface area contributed by atoms with Crippen molar-refractivity contribution in [1.82, 2.24) is 0 Å². The van der Waals surface area contributed by atoms with Crippen molar-refractivity contribution in [2.75, 3.05) is 5.32 Å². The number of nitrogens with one attached hydrogen (secondary N) is 1. The van der Waals surface area contributed by atoms with Crippen molar-refractivity contribution >= 4 is 38.7 Å². The molecule has 0 saturated heterocycles. The maximum atomic E-state index is 12.6. The van der Waals surface area contributed by atoms with Gasteiger partial charge < -0.3 is 9.73 Å². The molecule has 0 aliphatic rings. The Morgan fingerprint density at radius 2 is 1.79 bits per heavy atom. The first-order valence-electron chi connectivity index (χ1n) is 7.85. The lowest BCUT2D eigenvalue weighted by Crippen LogP contribution is -2.11. The summed E-state index contributed by atoms with van der Waals surface area (Å²) in [6.45, 7) is 1.57. The Kier molecular flexibility index (Phi) is 5.21. The number of amides is 1. The Bertz CT molecular complexity index is 1170. The summed E-state index contributed by atoms with van der Waals surface area (Å²) in [5.41, 5.74) is 0.474. The van der Waals surface area contributed by atoms with Crippen molar-refractivity contribution in [3.63, 3.8) is 0 Å². The van der Waals surface area contributed by atoms with E-state index in [0.29, 0.717) is 10.6 Å². The van der Waals surface area contributed by atoms with Crippen LogP contribution < -0.4 is 5.32 Å². The number of nitro benzene ring substituents is 1. The van der Waals surface area contributed by atoms with Crippen LogP contribution >= 0.6 is 11.6 Å². The highest BCUT2D eigenvalue weighted by Gasteiger charge is 2.24. The van der Waals surface area contributed by atoms with E-state index in [1.165, 1.54) is 48.5 Å². The van der Waals surface area contributed by atoms with Crippen LogP contribution in [0.15, 0.2) is 69.0 Å². The monoisotopic (exact) mass is 420 g/mol. The molecule has 28 heavy (non-hydrogen) atoms. The van der Waals surface area contributed by atoms with Gasteiger partial charge in [-0.05, 0) is 49.4 Å². The second-order valence-corrected chi connectivity index (χ2v) is 8.11. The molecule has 3 aromatic rings. The molecule has 144 valence electrons. The number of aryl methyl sites for hydroxylation is 1. The zero-order valence-corrected chi connectivity index (χ0v) is 16.0. The van der Waals surface area contributed by atoms with Crippen molar-refractivity contribution in [2.45, 2.75) is 16.9 Å². The largest absolute Gasteiger partial charge is 0.439 e. The molecular weight excluding hydrogens is 408 g/mol. The Hall–Kier alpha value is -3.17. The second kappa shape index (κ2) is 7.45. The smallest absolute Gasteiger partial charge is 0.291 e. The van der Waals surface area contributed by atoms with Crippen LogP contribution in [0.4, 0.5) is 11.4 Å².